The van der Waals surface area contributed by atoms with Gasteiger partial charge in [0.25, 0.3) is 0 Å². The summed E-state index contributed by atoms with van der Waals surface area (Å²) in [6.45, 7) is 1.83. The van der Waals surface area contributed by atoms with Gasteiger partial charge in [0, 0.05) is 5.56 Å². The molecule has 0 amide bonds. The molecule has 98 valence electrons. The predicted octanol–water partition coefficient (Wildman–Crippen LogP) is 3.80. The summed E-state index contributed by atoms with van der Waals surface area (Å²) in [4.78, 5) is 15.3. The lowest BCUT2D eigenvalue weighted by molar-refractivity contribution is 0.0695. The van der Waals surface area contributed by atoms with Gasteiger partial charge in [-0.15, -0.1) is 0 Å². The van der Waals surface area contributed by atoms with Crippen LogP contribution in [0.1, 0.15) is 23.0 Å². The van der Waals surface area contributed by atoms with E-state index < -0.39 is 11.8 Å². The van der Waals surface area contributed by atoms with Gasteiger partial charge in [0.2, 0.25) is 0 Å². The summed E-state index contributed by atoms with van der Waals surface area (Å²) in [5.41, 5.74) is 1.90. The van der Waals surface area contributed by atoms with Crippen molar-refractivity contribution < 1.29 is 14.3 Å². The third kappa shape index (κ3) is 2.74. The molecule has 2 aromatic rings. The summed E-state index contributed by atoms with van der Waals surface area (Å²) in [6.07, 6.45) is 0.504. The molecule has 0 saturated carbocycles. The maximum Gasteiger partial charge on any atom is 0.337 e. The van der Waals surface area contributed by atoms with Gasteiger partial charge < -0.3 is 5.11 Å². The fraction of sp³-hybridized carbons (Fsp3) is 0.143. The van der Waals surface area contributed by atoms with Gasteiger partial charge in [-0.3, -0.25) is 4.98 Å². The van der Waals surface area contributed by atoms with Crippen molar-refractivity contribution in [3.05, 3.63) is 52.4 Å². The zero-order valence-electron chi connectivity index (χ0n) is 10.2. The molecule has 1 heterocycles. The molecule has 0 unspecified atom stereocenters. The van der Waals surface area contributed by atoms with Crippen molar-refractivity contribution in [1.29, 1.82) is 0 Å². The number of rotatable bonds is 3. The molecule has 0 fully saturated rings. The van der Waals surface area contributed by atoms with E-state index >= 15 is 0 Å². The van der Waals surface area contributed by atoms with E-state index in [0.29, 0.717) is 23.4 Å². The van der Waals surface area contributed by atoms with Crippen LogP contribution >= 0.6 is 11.6 Å². The molecule has 19 heavy (non-hydrogen) atoms. The van der Waals surface area contributed by atoms with Gasteiger partial charge in [0.05, 0.1) is 22.0 Å². The normalized spacial score (nSPS) is 10.5. The van der Waals surface area contributed by atoms with Crippen LogP contribution in [-0.2, 0) is 6.42 Å². The molecule has 5 heteroatoms. The summed E-state index contributed by atoms with van der Waals surface area (Å²) in [5, 5.41) is 9.04. The second kappa shape index (κ2) is 5.36. The largest absolute Gasteiger partial charge is 0.478 e. The average molecular weight is 280 g/mol. The van der Waals surface area contributed by atoms with Crippen LogP contribution in [0.4, 0.5) is 4.39 Å². The van der Waals surface area contributed by atoms with E-state index in [1.807, 2.05) is 6.92 Å². The lowest BCUT2D eigenvalue weighted by Crippen LogP contribution is -2.04. The number of hydrogen-bond acceptors (Lipinski definition) is 2. The van der Waals surface area contributed by atoms with E-state index in [9.17, 15) is 9.18 Å². The van der Waals surface area contributed by atoms with Crippen LogP contribution in [0.3, 0.4) is 0 Å². The standard InChI is InChI=1S/C14H11ClFNO2/c1-2-12-9(14(18)19)4-6-13(17-12)8-3-5-11(16)10(15)7-8/h3-7H,2H2,1H3,(H,18,19). The van der Waals surface area contributed by atoms with E-state index in [-0.39, 0.29) is 10.6 Å². The molecule has 0 spiro atoms. The molecule has 0 saturated heterocycles. The van der Waals surface area contributed by atoms with Crippen molar-refractivity contribution in [1.82, 2.24) is 4.98 Å². The number of hydrogen-bond donors (Lipinski definition) is 1. The Morgan fingerprint density at radius 1 is 1.37 bits per heavy atom. The predicted molar refractivity (Wildman–Crippen MR) is 71.0 cm³/mol. The number of aromatic carboxylic acids is 1. The fourth-order valence-electron chi connectivity index (χ4n) is 1.78. The summed E-state index contributed by atoms with van der Waals surface area (Å²) in [6, 6.07) is 7.38. The number of carboxylic acids is 1. The number of nitrogens with zero attached hydrogens (tertiary/aromatic N) is 1. The van der Waals surface area contributed by atoms with Gasteiger partial charge in [-0.25, -0.2) is 9.18 Å². The smallest absolute Gasteiger partial charge is 0.337 e. The molecule has 3 nitrogen and oxygen atoms in total. The highest BCUT2D eigenvalue weighted by Crippen LogP contribution is 2.24. The Labute approximate surface area is 114 Å². The second-order valence-corrected chi connectivity index (χ2v) is 4.39. The quantitative estimate of drug-likeness (QED) is 0.930. The molecule has 2 rings (SSSR count). The van der Waals surface area contributed by atoms with E-state index in [0.717, 1.165) is 0 Å². The van der Waals surface area contributed by atoms with E-state index in [2.05, 4.69) is 4.98 Å². The topological polar surface area (TPSA) is 50.2 Å². The second-order valence-electron chi connectivity index (χ2n) is 3.98. The van der Waals surface area contributed by atoms with Crippen molar-refractivity contribution in [3.8, 4) is 11.3 Å². The van der Waals surface area contributed by atoms with E-state index in [1.54, 1.807) is 12.1 Å². The molecule has 1 aromatic carbocycles. The van der Waals surface area contributed by atoms with Gasteiger partial charge in [0.1, 0.15) is 5.82 Å². The molecule has 0 bridgehead atoms. The Morgan fingerprint density at radius 2 is 2.11 bits per heavy atom. The van der Waals surface area contributed by atoms with Crippen LogP contribution in [-0.4, -0.2) is 16.1 Å². The summed E-state index contributed by atoms with van der Waals surface area (Å²) in [5.74, 6) is -1.50. The minimum atomic E-state index is -1.01. The lowest BCUT2D eigenvalue weighted by Gasteiger charge is -2.07. The third-order valence-corrected chi connectivity index (χ3v) is 3.04. The number of carboxylic acid groups (broad SMARTS) is 1. The molecule has 0 atom stereocenters. The summed E-state index contributed by atoms with van der Waals surface area (Å²) < 4.78 is 13.1. The lowest BCUT2D eigenvalue weighted by atomic mass is 10.1. The van der Waals surface area contributed by atoms with Crippen molar-refractivity contribution in [2.75, 3.05) is 0 Å². The highest BCUT2D eigenvalue weighted by molar-refractivity contribution is 6.31. The summed E-state index contributed by atoms with van der Waals surface area (Å²) >= 11 is 5.72. The molecule has 0 radical (unpaired) electrons. The first-order valence-corrected chi connectivity index (χ1v) is 6.09. The Hall–Kier alpha value is -1.94. The number of halogens is 2. The number of benzene rings is 1. The first kappa shape index (κ1) is 13.5. The molecular weight excluding hydrogens is 269 g/mol. The number of carbonyl (C=O) groups is 1. The van der Waals surface area contributed by atoms with Crippen LogP contribution in [0.15, 0.2) is 30.3 Å². The Morgan fingerprint density at radius 3 is 2.68 bits per heavy atom. The molecule has 0 aliphatic heterocycles. The van der Waals surface area contributed by atoms with Crippen LogP contribution in [0.2, 0.25) is 5.02 Å². The molecule has 1 N–H and O–H groups in total. The van der Waals surface area contributed by atoms with Crippen molar-refractivity contribution in [3.63, 3.8) is 0 Å². The van der Waals surface area contributed by atoms with Gasteiger partial charge in [-0.05, 0) is 36.8 Å². The van der Waals surface area contributed by atoms with Crippen molar-refractivity contribution in [2.24, 2.45) is 0 Å². The van der Waals surface area contributed by atoms with Gasteiger partial charge in [-0.2, -0.15) is 0 Å². The molecule has 0 aliphatic rings. The average Bonchev–Trinajstić information content (AvgIpc) is 2.41. The minimum Gasteiger partial charge on any atom is -0.478 e. The van der Waals surface area contributed by atoms with Crippen LogP contribution in [0.5, 0.6) is 0 Å². The minimum absolute atomic E-state index is 0.0136. The first-order valence-electron chi connectivity index (χ1n) is 5.71. The van der Waals surface area contributed by atoms with Crippen LogP contribution in [0.25, 0.3) is 11.3 Å². The van der Waals surface area contributed by atoms with Crippen molar-refractivity contribution >= 4 is 17.6 Å². The Bertz CT molecular complexity index is 643. The van der Waals surface area contributed by atoms with Crippen molar-refractivity contribution in [2.45, 2.75) is 13.3 Å². The van der Waals surface area contributed by atoms with E-state index in [4.69, 9.17) is 16.7 Å². The molecule has 0 aliphatic carbocycles. The van der Waals surface area contributed by atoms with Gasteiger partial charge in [-0.1, -0.05) is 18.5 Å². The first-order chi connectivity index (χ1) is 9.02. The van der Waals surface area contributed by atoms with Crippen LogP contribution < -0.4 is 0 Å². The third-order valence-electron chi connectivity index (χ3n) is 2.75. The Kier molecular flexibility index (Phi) is 3.81. The van der Waals surface area contributed by atoms with E-state index in [1.165, 1.54) is 18.2 Å². The summed E-state index contributed by atoms with van der Waals surface area (Å²) in [7, 11) is 0. The number of aromatic nitrogens is 1. The fourth-order valence-corrected chi connectivity index (χ4v) is 1.96. The number of pyridine rings is 1. The maximum atomic E-state index is 13.1. The zero-order valence-corrected chi connectivity index (χ0v) is 10.9. The maximum absolute atomic E-state index is 13.1. The zero-order chi connectivity index (χ0) is 14.0. The SMILES string of the molecule is CCc1nc(-c2ccc(F)c(Cl)c2)ccc1C(=O)O. The highest BCUT2D eigenvalue weighted by atomic mass is 35.5. The van der Waals surface area contributed by atoms with Gasteiger partial charge >= 0.3 is 5.97 Å². The van der Waals surface area contributed by atoms with Gasteiger partial charge in [0.15, 0.2) is 0 Å². The monoisotopic (exact) mass is 279 g/mol. The molecular formula is C14H11ClFNO2. The Balaban J connectivity index is 2.51. The molecule has 1 aromatic heterocycles. The highest BCUT2D eigenvalue weighted by Gasteiger charge is 2.12. The van der Waals surface area contributed by atoms with Crippen LogP contribution in [0, 0.1) is 5.82 Å². The number of aryl methyl sites for hydroxylation is 1.